The number of nitrogens with zero attached hydrogens (tertiary/aromatic N) is 3. The molecule has 5 unspecified atom stereocenters. The van der Waals surface area contributed by atoms with Gasteiger partial charge in [0.1, 0.15) is 18.3 Å². The summed E-state index contributed by atoms with van der Waals surface area (Å²) < 4.78 is 15.5. The van der Waals surface area contributed by atoms with Crippen LogP contribution in [0.2, 0.25) is 0 Å². The number of rotatable bonds is 12. The molecular weight excluding hydrogens is 502 g/mol. The highest BCUT2D eigenvalue weighted by atomic mass is 16.6. The predicted molar refractivity (Wildman–Crippen MR) is 129 cm³/mol. The third-order valence-electron chi connectivity index (χ3n) is 5.76. The fraction of sp³-hybridized carbons (Fsp3) is 0.458. The molecule has 2 heterocycles. The Morgan fingerprint density at radius 1 is 0.895 bits per heavy atom. The summed E-state index contributed by atoms with van der Waals surface area (Å²) in [6.45, 7) is 21.3. The van der Waals surface area contributed by atoms with Crippen molar-refractivity contribution >= 4 is 35.9 Å². The number of ether oxygens (including phenoxy) is 3. The van der Waals surface area contributed by atoms with Gasteiger partial charge in [-0.25, -0.2) is 40.8 Å². The van der Waals surface area contributed by atoms with Gasteiger partial charge < -0.3 is 19.5 Å². The van der Waals surface area contributed by atoms with Crippen molar-refractivity contribution in [2.24, 2.45) is 0 Å². The molecule has 2 aliphatic heterocycles. The highest BCUT2D eigenvalue weighted by Gasteiger charge is 2.78. The number of amides is 5. The van der Waals surface area contributed by atoms with E-state index in [1.807, 2.05) is 0 Å². The van der Waals surface area contributed by atoms with Crippen LogP contribution < -0.4 is 10.6 Å². The van der Waals surface area contributed by atoms with Crippen LogP contribution in [0, 0.1) is 6.57 Å². The second-order valence-electron chi connectivity index (χ2n) is 8.64. The SMILES string of the molecule is [C-]#[N+]C12NC(=O)NC1(CC(C)OC(=O)C=C)C(=O)N(CC(C)OC(=O)C=C)C(=O)N2CC(C)OC(=O)C=C. The van der Waals surface area contributed by atoms with E-state index in [2.05, 4.69) is 35.2 Å². The normalized spacial score (nSPS) is 24.4. The average Bonchev–Trinajstić information content (AvgIpc) is 3.16. The van der Waals surface area contributed by atoms with E-state index >= 15 is 0 Å². The molecule has 0 aromatic rings. The minimum absolute atomic E-state index is 0.435. The minimum Gasteiger partial charge on any atom is -0.459 e. The van der Waals surface area contributed by atoms with Gasteiger partial charge in [-0.15, -0.1) is 0 Å². The van der Waals surface area contributed by atoms with E-state index in [1.54, 1.807) is 0 Å². The monoisotopic (exact) mass is 531 g/mol. The summed E-state index contributed by atoms with van der Waals surface area (Å²) in [6.07, 6.45) is -0.795. The lowest BCUT2D eigenvalue weighted by atomic mass is 9.81. The Balaban J connectivity index is 2.63. The fourth-order valence-corrected chi connectivity index (χ4v) is 4.32. The summed E-state index contributed by atoms with van der Waals surface area (Å²) in [7, 11) is 0. The maximum atomic E-state index is 13.9. The number of imide groups is 1. The molecule has 2 fully saturated rings. The zero-order chi connectivity index (χ0) is 28.8. The number of nitrogens with one attached hydrogen (secondary N) is 2. The van der Waals surface area contributed by atoms with Crippen LogP contribution >= 0.6 is 0 Å². The molecule has 0 radical (unpaired) electrons. The summed E-state index contributed by atoms with van der Waals surface area (Å²) in [5, 5.41) is 4.81. The second-order valence-corrected chi connectivity index (χ2v) is 8.64. The van der Waals surface area contributed by atoms with Gasteiger partial charge in [0.15, 0.2) is 0 Å². The largest absolute Gasteiger partial charge is 0.459 e. The zero-order valence-corrected chi connectivity index (χ0v) is 21.2. The maximum absolute atomic E-state index is 13.9. The number of hydrogen-bond acceptors (Lipinski definition) is 9. The van der Waals surface area contributed by atoms with Crippen molar-refractivity contribution in [3.8, 4) is 0 Å². The van der Waals surface area contributed by atoms with Crippen molar-refractivity contribution in [3.05, 3.63) is 49.4 Å². The Morgan fingerprint density at radius 3 is 1.84 bits per heavy atom. The van der Waals surface area contributed by atoms with E-state index < -0.39 is 85.0 Å². The van der Waals surface area contributed by atoms with Crippen LogP contribution in [0.1, 0.15) is 27.2 Å². The first kappa shape index (κ1) is 29.6. The van der Waals surface area contributed by atoms with Crippen LogP contribution in [0.5, 0.6) is 0 Å². The van der Waals surface area contributed by atoms with Crippen molar-refractivity contribution in [2.45, 2.75) is 56.8 Å². The predicted octanol–water partition coefficient (Wildman–Crippen LogP) is 0.618. The van der Waals surface area contributed by atoms with Crippen molar-refractivity contribution in [3.63, 3.8) is 0 Å². The van der Waals surface area contributed by atoms with E-state index in [4.69, 9.17) is 20.8 Å². The topological polar surface area (TPSA) is 165 Å². The quantitative estimate of drug-likeness (QED) is 0.159. The fourth-order valence-electron chi connectivity index (χ4n) is 4.32. The number of esters is 3. The molecule has 0 aromatic carbocycles. The molecule has 0 spiro atoms. The Bertz CT molecular complexity index is 1120. The molecule has 5 amide bonds. The van der Waals surface area contributed by atoms with Crippen LogP contribution in [0.25, 0.3) is 4.85 Å². The lowest BCUT2D eigenvalue weighted by Gasteiger charge is -2.48. The lowest BCUT2D eigenvalue weighted by molar-refractivity contribution is -0.158. The van der Waals surface area contributed by atoms with Gasteiger partial charge in [0.25, 0.3) is 5.91 Å². The number of fused-ring (bicyclic) bond motifs is 1. The van der Waals surface area contributed by atoms with E-state index in [9.17, 15) is 28.8 Å². The summed E-state index contributed by atoms with van der Waals surface area (Å²) >= 11 is 0. The van der Waals surface area contributed by atoms with Gasteiger partial charge in [-0.3, -0.25) is 14.5 Å². The van der Waals surface area contributed by atoms with Crippen LogP contribution in [-0.2, 0) is 33.4 Å². The first-order chi connectivity index (χ1) is 17.8. The summed E-state index contributed by atoms with van der Waals surface area (Å²) in [5.74, 6) is -5.77. The first-order valence-corrected chi connectivity index (χ1v) is 11.4. The molecule has 14 nitrogen and oxygen atoms in total. The van der Waals surface area contributed by atoms with Crippen molar-refractivity contribution < 1.29 is 43.0 Å². The van der Waals surface area contributed by atoms with E-state index in [-0.39, 0.29) is 0 Å². The summed E-state index contributed by atoms with van der Waals surface area (Å²) in [6, 6.07) is -1.97. The van der Waals surface area contributed by atoms with Gasteiger partial charge in [0.05, 0.1) is 13.1 Å². The summed E-state index contributed by atoms with van der Waals surface area (Å²) in [5.41, 5.74) is -2.16. The minimum atomic E-state index is -2.33. The molecule has 0 aromatic heterocycles. The Morgan fingerprint density at radius 2 is 1.37 bits per heavy atom. The Kier molecular flexibility index (Phi) is 9.01. The van der Waals surface area contributed by atoms with Crippen molar-refractivity contribution in [1.29, 1.82) is 0 Å². The molecule has 2 saturated heterocycles. The molecule has 0 bridgehead atoms. The lowest BCUT2D eigenvalue weighted by Crippen LogP contribution is -2.81. The van der Waals surface area contributed by atoms with Crippen LogP contribution in [0.3, 0.4) is 0 Å². The molecule has 2 aliphatic rings. The molecule has 5 atom stereocenters. The van der Waals surface area contributed by atoms with Crippen LogP contribution in [-0.4, -0.2) is 88.4 Å². The van der Waals surface area contributed by atoms with Gasteiger partial charge in [0.2, 0.25) is 5.54 Å². The van der Waals surface area contributed by atoms with Gasteiger partial charge >= 0.3 is 35.8 Å². The van der Waals surface area contributed by atoms with Crippen molar-refractivity contribution in [1.82, 2.24) is 20.4 Å². The highest BCUT2D eigenvalue weighted by molar-refractivity contribution is 6.08. The molecule has 204 valence electrons. The molecule has 0 aliphatic carbocycles. The third kappa shape index (κ3) is 5.51. The highest BCUT2D eigenvalue weighted by Crippen LogP contribution is 2.42. The second kappa shape index (κ2) is 11.6. The third-order valence-corrected chi connectivity index (χ3v) is 5.76. The van der Waals surface area contributed by atoms with E-state index in [0.29, 0.717) is 4.90 Å². The van der Waals surface area contributed by atoms with Crippen molar-refractivity contribution in [2.75, 3.05) is 13.1 Å². The number of carbonyl (C=O) groups is 6. The Labute approximate surface area is 219 Å². The van der Waals surface area contributed by atoms with E-state index in [0.717, 1.165) is 23.1 Å². The van der Waals surface area contributed by atoms with Crippen LogP contribution in [0.15, 0.2) is 38.0 Å². The van der Waals surface area contributed by atoms with Gasteiger partial charge in [-0.1, -0.05) is 19.7 Å². The molecule has 14 heteroatoms. The van der Waals surface area contributed by atoms with Crippen LogP contribution in [0.4, 0.5) is 9.59 Å². The van der Waals surface area contributed by atoms with Gasteiger partial charge in [0, 0.05) is 24.6 Å². The number of hydrogen-bond donors (Lipinski definition) is 2. The standard InChI is InChI=1S/C24H29N5O9/c1-8-17(30)36-14(4)11-23-20(33)28(12-15(5)37-18(31)9-2)22(35)29(13-16(6)38-19(32)10-3)24(23,25-7)27-21(34)26-23/h8-10,14-16H,1-3,11-13H2,4-6H3,(H2,26,27,34). The average molecular weight is 532 g/mol. The van der Waals surface area contributed by atoms with E-state index in [1.165, 1.54) is 20.8 Å². The van der Waals surface area contributed by atoms with Gasteiger partial charge in [-0.2, -0.15) is 0 Å². The molecule has 0 saturated carbocycles. The molecule has 38 heavy (non-hydrogen) atoms. The van der Waals surface area contributed by atoms with Gasteiger partial charge in [-0.05, 0) is 20.8 Å². The molecule has 2 N–H and O–H groups in total. The first-order valence-electron chi connectivity index (χ1n) is 11.4. The maximum Gasteiger partial charge on any atom is 0.428 e. The summed E-state index contributed by atoms with van der Waals surface area (Å²) in [4.78, 5) is 80.6. The zero-order valence-electron chi connectivity index (χ0n) is 21.2. The number of urea groups is 2. The number of carbonyl (C=O) groups excluding carboxylic acids is 6. The smallest absolute Gasteiger partial charge is 0.428 e. The Hall–Kier alpha value is -4.67. The molecular formula is C24H29N5O9. The molecule has 2 rings (SSSR count).